The first-order valence-electron chi connectivity index (χ1n) is 36.7. The Bertz CT molecular complexity index is 1780. The zero-order valence-corrected chi connectivity index (χ0v) is 60.6. The maximum absolute atomic E-state index is 13.0. The molecule has 6 atom stereocenters. The van der Waals surface area contributed by atoms with Crippen molar-refractivity contribution in [3.05, 3.63) is 0 Å². The van der Waals surface area contributed by atoms with Gasteiger partial charge < -0.3 is 33.8 Å². The number of hydrogen-bond acceptors (Lipinski definition) is 15. The minimum absolute atomic E-state index is 0.105. The van der Waals surface area contributed by atoms with Crippen LogP contribution >= 0.6 is 15.6 Å². The Labute approximate surface area is 549 Å². The maximum Gasteiger partial charge on any atom is 0.472 e. The molecule has 0 rings (SSSR count). The summed E-state index contributed by atoms with van der Waals surface area (Å²) in [4.78, 5) is 72.6. The molecule has 90 heavy (non-hydrogen) atoms. The molecular formula is C71H138O17P2. The second-order valence-corrected chi connectivity index (χ2v) is 30.2. The van der Waals surface area contributed by atoms with Crippen molar-refractivity contribution in [2.75, 3.05) is 39.6 Å². The molecule has 0 aliphatic heterocycles. The second-order valence-electron chi connectivity index (χ2n) is 27.3. The predicted octanol–water partition coefficient (Wildman–Crippen LogP) is 20.1. The lowest BCUT2D eigenvalue weighted by Crippen LogP contribution is -2.30. The van der Waals surface area contributed by atoms with Crippen LogP contribution in [-0.2, 0) is 65.4 Å². The maximum atomic E-state index is 13.0. The Balaban J connectivity index is 5.27. The monoisotopic (exact) mass is 1320 g/mol. The van der Waals surface area contributed by atoms with Crippen LogP contribution in [0.4, 0.5) is 0 Å². The topological polar surface area (TPSA) is 237 Å². The minimum Gasteiger partial charge on any atom is -0.462 e. The van der Waals surface area contributed by atoms with E-state index in [4.69, 9.17) is 37.0 Å². The number of aliphatic hydroxyl groups is 1. The van der Waals surface area contributed by atoms with Gasteiger partial charge in [0.15, 0.2) is 12.2 Å². The Morgan fingerprint density at radius 3 is 0.789 bits per heavy atom. The first-order chi connectivity index (χ1) is 43.1. The fourth-order valence-corrected chi connectivity index (χ4v) is 12.2. The van der Waals surface area contributed by atoms with Crippen molar-refractivity contribution >= 4 is 39.5 Å². The van der Waals surface area contributed by atoms with Crippen molar-refractivity contribution in [3.63, 3.8) is 0 Å². The van der Waals surface area contributed by atoms with Crippen LogP contribution in [0.5, 0.6) is 0 Å². The number of hydrogen-bond donors (Lipinski definition) is 3. The van der Waals surface area contributed by atoms with E-state index in [1.165, 1.54) is 148 Å². The van der Waals surface area contributed by atoms with Crippen LogP contribution in [0, 0.1) is 23.7 Å². The summed E-state index contributed by atoms with van der Waals surface area (Å²) in [5.41, 5.74) is 0. The van der Waals surface area contributed by atoms with Gasteiger partial charge in [0.2, 0.25) is 0 Å². The molecule has 0 fully saturated rings. The van der Waals surface area contributed by atoms with Crippen molar-refractivity contribution in [2.24, 2.45) is 23.7 Å². The molecule has 0 aliphatic carbocycles. The highest BCUT2D eigenvalue weighted by molar-refractivity contribution is 7.47. The number of carbonyl (C=O) groups is 4. The Kier molecular flexibility index (Phi) is 59.4. The highest BCUT2D eigenvalue weighted by atomic mass is 31.2. The standard InChI is InChI=1S/C71H138O17P2/c1-9-64(8)50-42-34-26-18-12-15-19-27-35-43-51-68(73)81-57-66(87-70(75)53-45-37-28-20-13-10-16-23-31-39-47-61(2)3)59-85-89(77,78)83-55-65(72)56-84-90(79,80)86-60-67(58-82-69(74)52-44-36-30-22-25-33-41-49-63(6)7)88-71(76)54-46-38-29-21-14-11-17-24-32-40-48-62(4)5/h61-67,72H,9-60H2,1-8H3,(H,77,78)(H,79,80)/t64?,65?,66-,67-/m1/s1. The lowest BCUT2D eigenvalue weighted by Gasteiger charge is -2.21. The second kappa shape index (κ2) is 60.7. The van der Waals surface area contributed by atoms with Crippen molar-refractivity contribution in [1.82, 2.24) is 0 Å². The summed E-state index contributed by atoms with van der Waals surface area (Å²) >= 11 is 0. The summed E-state index contributed by atoms with van der Waals surface area (Å²) in [6.45, 7) is 14.1. The van der Waals surface area contributed by atoms with Gasteiger partial charge in [-0.2, -0.15) is 0 Å². The van der Waals surface area contributed by atoms with Gasteiger partial charge in [0.25, 0.3) is 0 Å². The van der Waals surface area contributed by atoms with Crippen molar-refractivity contribution in [3.8, 4) is 0 Å². The van der Waals surface area contributed by atoms with Gasteiger partial charge in [-0.1, -0.05) is 299 Å². The first-order valence-corrected chi connectivity index (χ1v) is 39.7. The predicted molar refractivity (Wildman–Crippen MR) is 363 cm³/mol. The molecule has 534 valence electrons. The largest absolute Gasteiger partial charge is 0.472 e. The third kappa shape index (κ3) is 63.5. The third-order valence-corrected chi connectivity index (χ3v) is 18.6. The molecule has 0 amide bonds. The molecule has 4 unspecified atom stereocenters. The summed E-state index contributed by atoms with van der Waals surface area (Å²) < 4.78 is 68.3. The highest BCUT2D eigenvalue weighted by Crippen LogP contribution is 2.45. The number of esters is 4. The SMILES string of the molecule is CCC(C)CCCCCCCCCCCCC(=O)OC[C@H](COP(=O)(O)OCC(O)COP(=O)(O)OC[C@@H](COC(=O)CCCCCCCCCC(C)C)OC(=O)CCCCCCCCCCCCC(C)C)OC(=O)CCCCCCCCCCCCC(C)C. The van der Waals surface area contributed by atoms with Crippen LogP contribution in [0.25, 0.3) is 0 Å². The van der Waals surface area contributed by atoms with E-state index in [-0.39, 0.29) is 25.7 Å². The van der Waals surface area contributed by atoms with Gasteiger partial charge >= 0.3 is 39.5 Å². The molecule has 0 saturated carbocycles. The quantitative estimate of drug-likeness (QED) is 0.0222. The van der Waals surface area contributed by atoms with Gasteiger partial charge in [-0.25, -0.2) is 9.13 Å². The molecule has 17 nitrogen and oxygen atoms in total. The van der Waals surface area contributed by atoms with Gasteiger partial charge in [-0.3, -0.25) is 37.3 Å². The first kappa shape index (κ1) is 88.1. The van der Waals surface area contributed by atoms with E-state index in [0.29, 0.717) is 31.6 Å². The number of unbranched alkanes of at least 4 members (excludes halogenated alkanes) is 33. The average Bonchev–Trinajstić information content (AvgIpc) is 3.69. The Morgan fingerprint density at radius 2 is 0.533 bits per heavy atom. The van der Waals surface area contributed by atoms with Gasteiger partial charge in [0, 0.05) is 25.7 Å². The minimum atomic E-state index is -4.95. The van der Waals surface area contributed by atoms with Gasteiger partial charge in [0.1, 0.15) is 19.3 Å². The van der Waals surface area contributed by atoms with Crippen molar-refractivity contribution < 1.29 is 80.2 Å². The van der Waals surface area contributed by atoms with Crippen LogP contribution in [-0.4, -0.2) is 96.7 Å². The molecule has 0 spiro atoms. The lowest BCUT2D eigenvalue weighted by molar-refractivity contribution is -0.161. The Morgan fingerprint density at radius 1 is 0.311 bits per heavy atom. The number of aliphatic hydroxyl groups excluding tert-OH is 1. The fourth-order valence-electron chi connectivity index (χ4n) is 10.6. The lowest BCUT2D eigenvalue weighted by atomic mass is 9.99. The average molecular weight is 1330 g/mol. The van der Waals surface area contributed by atoms with E-state index in [1.54, 1.807) is 0 Å². The molecule has 0 aromatic rings. The van der Waals surface area contributed by atoms with Crippen molar-refractivity contribution in [1.29, 1.82) is 0 Å². The number of phosphoric ester groups is 2. The number of ether oxygens (including phenoxy) is 4. The number of phosphoric acid groups is 2. The van der Waals surface area contributed by atoms with E-state index in [1.807, 2.05) is 0 Å². The Hall–Kier alpha value is -1.94. The molecule has 0 heterocycles. The van der Waals surface area contributed by atoms with Crippen LogP contribution < -0.4 is 0 Å². The van der Waals surface area contributed by atoms with Crippen LogP contribution in [0.1, 0.15) is 351 Å². The molecular weight excluding hydrogens is 1190 g/mol. The number of rotatable bonds is 68. The van der Waals surface area contributed by atoms with Crippen LogP contribution in [0.3, 0.4) is 0 Å². The fraction of sp³-hybridized carbons (Fsp3) is 0.944. The van der Waals surface area contributed by atoms with Crippen LogP contribution in [0.15, 0.2) is 0 Å². The van der Waals surface area contributed by atoms with Gasteiger partial charge in [-0.15, -0.1) is 0 Å². The van der Waals surface area contributed by atoms with Gasteiger partial charge in [0.05, 0.1) is 26.4 Å². The normalized spacial score (nSPS) is 14.6. The summed E-state index contributed by atoms with van der Waals surface area (Å²) in [7, 11) is -9.90. The van der Waals surface area contributed by atoms with Crippen LogP contribution in [0.2, 0.25) is 0 Å². The summed E-state index contributed by atoms with van der Waals surface area (Å²) in [5.74, 6) is 0.890. The molecule has 19 heteroatoms. The van der Waals surface area contributed by atoms with E-state index in [9.17, 15) is 43.2 Å². The summed E-state index contributed by atoms with van der Waals surface area (Å²) in [5, 5.41) is 10.6. The molecule has 0 bridgehead atoms. The van der Waals surface area contributed by atoms with E-state index in [0.717, 1.165) is 114 Å². The van der Waals surface area contributed by atoms with E-state index in [2.05, 4.69) is 55.4 Å². The third-order valence-electron chi connectivity index (χ3n) is 16.7. The van der Waals surface area contributed by atoms with E-state index < -0.39 is 97.5 Å². The zero-order chi connectivity index (χ0) is 66.8. The molecule has 0 aromatic carbocycles. The molecule has 0 aromatic heterocycles. The molecule has 0 radical (unpaired) electrons. The summed E-state index contributed by atoms with van der Waals surface area (Å²) in [6, 6.07) is 0. The van der Waals surface area contributed by atoms with Crippen molar-refractivity contribution in [2.45, 2.75) is 369 Å². The molecule has 0 aliphatic rings. The highest BCUT2D eigenvalue weighted by Gasteiger charge is 2.30. The summed E-state index contributed by atoms with van der Waals surface area (Å²) in [6.07, 6.45) is 43.0. The van der Waals surface area contributed by atoms with Gasteiger partial charge in [-0.05, 0) is 49.4 Å². The zero-order valence-electron chi connectivity index (χ0n) is 58.8. The van der Waals surface area contributed by atoms with E-state index >= 15 is 0 Å². The molecule has 3 N–H and O–H groups in total. The number of carbonyl (C=O) groups excluding carboxylic acids is 4. The molecule has 0 saturated heterocycles. The smallest absolute Gasteiger partial charge is 0.462 e.